The molecule has 1 aliphatic rings. The Morgan fingerprint density at radius 3 is 2.36 bits per heavy atom. The SMILES string of the molecule is Cc1cc(C(=O)Nc2cc(C(CCC3CC3)(N[S@](=O)C(C)(C)C)c3ccncc3)ccc2F)n(-c2cccc(CNC(=O)OC(C)(C)C)c2)n1. The van der Waals surface area contributed by atoms with E-state index in [1.54, 1.807) is 70.4 Å². The van der Waals surface area contributed by atoms with Crippen molar-refractivity contribution in [1.82, 2.24) is 24.8 Å². The predicted octanol–water partition coefficient (Wildman–Crippen LogP) is 7.48. The normalized spacial score (nSPS) is 15.2. The van der Waals surface area contributed by atoms with Gasteiger partial charge in [-0.25, -0.2) is 22.8 Å². The van der Waals surface area contributed by atoms with Crippen molar-refractivity contribution in [3.8, 4) is 5.69 Å². The summed E-state index contributed by atoms with van der Waals surface area (Å²) in [6.07, 6.45) is 6.66. The highest BCUT2D eigenvalue weighted by Gasteiger charge is 2.40. The summed E-state index contributed by atoms with van der Waals surface area (Å²) in [5.41, 5.74) is 2.09. The van der Waals surface area contributed by atoms with Crippen molar-refractivity contribution in [2.75, 3.05) is 5.32 Å². The largest absolute Gasteiger partial charge is 0.444 e. The van der Waals surface area contributed by atoms with Crippen molar-refractivity contribution in [3.63, 3.8) is 0 Å². The maximum atomic E-state index is 15.6. The first-order chi connectivity index (χ1) is 23.5. The molecule has 5 rings (SSSR count). The van der Waals surface area contributed by atoms with E-state index in [9.17, 15) is 13.8 Å². The van der Waals surface area contributed by atoms with Gasteiger partial charge in [0, 0.05) is 18.9 Å². The zero-order valence-electron chi connectivity index (χ0n) is 29.8. The van der Waals surface area contributed by atoms with Crippen molar-refractivity contribution < 1.29 is 22.9 Å². The van der Waals surface area contributed by atoms with Gasteiger partial charge in [0.15, 0.2) is 0 Å². The van der Waals surface area contributed by atoms with E-state index in [0.29, 0.717) is 29.3 Å². The molecule has 2 aromatic carbocycles. The van der Waals surface area contributed by atoms with Crippen LogP contribution in [-0.4, -0.2) is 41.3 Å². The van der Waals surface area contributed by atoms with Gasteiger partial charge in [-0.3, -0.25) is 9.78 Å². The van der Waals surface area contributed by atoms with E-state index in [-0.39, 0.29) is 17.9 Å². The lowest BCUT2D eigenvalue weighted by Gasteiger charge is -2.38. The number of hydrogen-bond donors (Lipinski definition) is 3. The fourth-order valence-electron chi connectivity index (χ4n) is 5.62. The molecule has 0 aliphatic heterocycles. The summed E-state index contributed by atoms with van der Waals surface area (Å²) in [7, 11) is -1.48. The number of halogens is 1. The molecule has 4 aromatic rings. The quantitative estimate of drug-likeness (QED) is 0.141. The van der Waals surface area contributed by atoms with Crippen LogP contribution < -0.4 is 15.4 Å². The van der Waals surface area contributed by atoms with E-state index in [2.05, 4.69) is 25.4 Å². The third kappa shape index (κ3) is 9.22. The Kier molecular flexibility index (Phi) is 10.9. The first-order valence-corrected chi connectivity index (χ1v) is 18.0. The third-order valence-corrected chi connectivity index (χ3v) is 10.0. The van der Waals surface area contributed by atoms with Crippen LogP contribution >= 0.6 is 0 Å². The van der Waals surface area contributed by atoms with E-state index < -0.39 is 44.7 Å². The molecule has 12 heteroatoms. The van der Waals surface area contributed by atoms with Crippen LogP contribution in [0.5, 0.6) is 0 Å². The highest BCUT2D eigenvalue weighted by molar-refractivity contribution is 7.84. The summed E-state index contributed by atoms with van der Waals surface area (Å²) in [5.74, 6) is -0.587. The Morgan fingerprint density at radius 1 is 0.980 bits per heavy atom. The molecule has 0 saturated heterocycles. The second kappa shape index (κ2) is 14.8. The number of rotatable bonds is 12. The average Bonchev–Trinajstić information content (AvgIpc) is 3.80. The number of pyridine rings is 1. The molecular weight excluding hydrogens is 656 g/mol. The lowest BCUT2D eigenvalue weighted by atomic mass is 9.79. The highest BCUT2D eigenvalue weighted by Crippen LogP contribution is 2.42. The zero-order valence-corrected chi connectivity index (χ0v) is 30.6. The maximum absolute atomic E-state index is 15.6. The number of benzene rings is 2. The molecule has 1 saturated carbocycles. The van der Waals surface area contributed by atoms with Crippen LogP contribution in [0, 0.1) is 18.7 Å². The number of aromatic nitrogens is 3. The van der Waals surface area contributed by atoms with Gasteiger partial charge in [0.25, 0.3) is 5.91 Å². The summed E-state index contributed by atoms with van der Waals surface area (Å²) < 4.78 is 39.0. The van der Waals surface area contributed by atoms with Gasteiger partial charge in [0.1, 0.15) is 17.1 Å². The van der Waals surface area contributed by atoms with Gasteiger partial charge in [0.2, 0.25) is 0 Å². The topological polar surface area (TPSA) is 127 Å². The van der Waals surface area contributed by atoms with Crippen LogP contribution in [0.2, 0.25) is 0 Å². The van der Waals surface area contributed by atoms with E-state index in [4.69, 9.17) is 4.74 Å². The summed E-state index contributed by atoms with van der Waals surface area (Å²) in [6.45, 7) is 13.1. The molecule has 0 radical (unpaired) electrons. The van der Waals surface area contributed by atoms with Gasteiger partial charge in [-0.2, -0.15) is 5.10 Å². The molecule has 10 nitrogen and oxygen atoms in total. The predicted molar refractivity (Wildman–Crippen MR) is 194 cm³/mol. The standard InChI is InChI=1S/C38H47FN6O4S/c1-25-21-33(45(43-25)30-10-8-9-27(22-30)24-41-35(47)49-36(2,3)4)34(46)42-32-23-29(13-14-31(32)39)38(18-15-26-11-12-26,28-16-19-40-20-17-28)44-50(48)37(5,6)7/h8-10,13-14,16-17,19-23,26,44H,11-12,15,18,24H2,1-7H3,(H,41,47)(H,42,46)/t38?,50-/m1/s1. The Bertz CT molecular complexity index is 1860. The van der Waals surface area contributed by atoms with E-state index >= 15 is 4.39 Å². The number of nitrogens with zero attached hydrogens (tertiary/aromatic N) is 3. The Balaban J connectivity index is 1.46. The van der Waals surface area contributed by atoms with Gasteiger partial charge < -0.3 is 15.4 Å². The van der Waals surface area contributed by atoms with Crippen molar-refractivity contribution in [2.24, 2.45) is 5.92 Å². The van der Waals surface area contributed by atoms with E-state index in [1.165, 1.54) is 10.7 Å². The lowest BCUT2D eigenvalue weighted by Crippen LogP contribution is -2.49. The Morgan fingerprint density at radius 2 is 1.70 bits per heavy atom. The number of alkyl carbamates (subject to hydrolysis) is 1. The zero-order chi connectivity index (χ0) is 36.3. The molecule has 2 amide bonds. The molecule has 2 atom stereocenters. The summed E-state index contributed by atoms with van der Waals surface area (Å²) in [6, 6.07) is 17.3. The first-order valence-electron chi connectivity index (χ1n) is 16.9. The first kappa shape index (κ1) is 36.9. The minimum Gasteiger partial charge on any atom is -0.444 e. The minimum absolute atomic E-state index is 0.0126. The molecule has 266 valence electrons. The van der Waals surface area contributed by atoms with Gasteiger partial charge in [-0.15, -0.1) is 0 Å². The molecule has 1 unspecified atom stereocenters. The summed E-state index contributed by atoms with van der Waals surface area (Å²) in [4.78, 5) is 30.3. The summed E-state index contributed by atoms with van der Waals surface area (Å²) in [5, 5.41) is 10.1. The number of carbonyl (C=O) groups excluding carboxylic acids is 2. The van der Waals surface area contributed by atoms with E-state index in [1.807, 2.05) is 45.0 Å². The fraction of sp³-hybridized carbons (Fsp3) is 0.421. The number of aryl methyl sites for hydroxylation is 1. The van der Waals surface area contributed by atoms with Crippen LogP contribution in [0.1, 0.15) is 100 Å². The van der Waals surface area contributed by atoms with Crippen LogP contribution in [-0.2, 0) is 27.8 Å². The van der Waals surface area contributed by atoms with Crippen molar-refractivity contribution in [2.45, 2.75) is 96.6 Å². The van der Waals surface area contributed by atoms with Crippen molar-refractivity contribution >= 4 is 28.7 Å². The summed E-state index contributed by atoms with van der Waals surface area (Å²) >= 11 is 0. The van der Waals surface area contributed by atoms with Crippen LogP contribution in [0.4, 0.5) is 14.9 Å². The number of hydrogen-bond acceptors (Lipinski definition) is 6. The number of amides is 2. The molecule has 1 fully saturated rings. The van der Waals surface area contributed by atoms with Gasteiger partial charge in [0.05, 0.1) is 38.3 Å². The van der Waals surface area contributed by atoms with Crippen LogP contribution in [0.25, 0.3) is 5.69 Å². The molecule has 3 N–H and O–H groups in total. The van der Waals surface area contributed by atoms with Gasteiger partial charge in [-0.1, -0.05) is 31.0 Å². The third-order valence-electron chi connectivity index (χ3n) is 8.38. The molecule has 0 bridgehead atoms. The van der Waals surface area contributed by atoms with Crippen LogP contribution in [0.3, 0.4) is 0 Å². The molecular formula is C38H47FN6O4S. The number of anilines is 1. The molecule has 0 spiro atoms. The van der Waals surface area contributed by atoms with Crippen LogP contribution in [0.15, 0.2) is 73.1 Å². The number of ether oxygens (including phenoxy) is 1. The minimum atomic E-state index is -1.48. The van der Waals surface area contributed by atoms with Crippen molar-refractivity contribution in [3.05, 3.63) is 107 Å². The second-order valence-corrected chi connectivity index (χ2v) is 16.8. The molecule has 50 heavy (non-hydrogen) atoms. The van der Waals surface area contributed by atoms with Gasteiger partial charge >= 0.3 is 6.09 Å². The molecule has 2 heterocycles. The van der Waals surface area contributed by atoms with Gasteiger partial charge in [-0.05, 0) is 126 Å². The highest BCUT2D eigenvalue weighted by atomic mass is 32.2. The average molecular weight is 703 g/mol. The maximum Gasteiger partial charge on any atom is 0.407 e. The monoisotopic (exact) mass is 702 g/mol. The fourth-order valence-corrected chi connectivity index (χ4v) is 6.58. The molecule has 1 aliphatic carbocycles. The molecule has 2 aromatic heterocycles. The lowest BCUT2D eigenvalue weighted by molar-refractivity contribution is 0.0523. The Labute approximate surface area is 296 Å². The number of nitrogens with one attached hydrogen (secondary N) is 3. The second-order valence-electron chi connectivity index (χ2n) is 14.9. The smallest absolute Gasteiger partial charge is 0.407 e. The number of carbonyl (C=O) groups is 2. The Hall–Kier alpha value is -4.42. The van der Waals surface area contributed by atoms with E-state index in [0.717, 1.165) is 30.4 Å². The van der Waals surface area contributed by atoms with Crippen molar-refractivity contribution in [1.29, 1.82) is 0 Å².